The van der Waals surface area contributed by atoms with Gasteiger partial charge in [-0.2, -0.15) is 0 Å². The molecule has 0 amide bonds. The molecule has 109 valence electrons. The number of aliphatic hydroxyl groups excluding tert-OH is 1. The largest absolute Gasteiger partial charge is 0.480 e. The minimum absolute atomic E-state index is 0. The highest BCUT2D eigenvalue weighted by Crippen LogP contribution is 2.53. The van der Waals surface area contributed by atoms with E-state index in [9.17, 15) is 15.0 Å². The fourth-order valence-corrected chi connectivity index (χ4v) is 3.97. The number of fused-ring (bicyclic) bond motifs is 1. The van der Waals surface area contributed by atoms with Crippen molar-refractivity contribution in [1.82, 2.24) is 0 Å². The first-order chi connectivity index (χ1) is 8.49. The Morgan fingerprint density at radius 2 is 2.11 bits per heavy atom. The molecule has 6 nitrogen and oxygen atoms in total. The van der Waals surface area contributed by atoms with E-state index >= 15 is 0 Å². The molecule has 0 bridgehead atoms. The van der Waals surface area contributed by atoms with E-state index in [4.69, 9.17) is 10.8 Å². The highest BCUT2D eigenvalue weighted by molar-refractivity contribution is 6.25. The van der Waals surface area contributed by atoms with Gasteiger partial charge >= 0.3 is 5.97 Å². The van der Waals surface area contributed by atoms with Crippen LogP contribution < -0.4 is 5.73 Å². The van der Waals surface area contributed by atoms with Gasteiger partial charge in [0.2, 0.25) is 0 Å². The van der Waals surface area contributed by atoms with E-state index in [1.807, 2.05) is 0 Å². The summed E-state index contributed by atoms with van der Waals surface area (Å²) in [5.74, 6) is -0.550. The lowest BCUT2D eigenvalue weighted by Gasteiger charge is -2.30. The van der Waals surface area contributed by atoms with Crippen molar-refractivity contribution in [1.29, 1.82) is 0 Å². The third kappa shape index (κ3) is 2.94. The summed E-state index contributed by atoms with van der Waals surface area (Å²) in [5, 5.41) is 27.8. The Labute approximate surface area is 113 Å². The SMILES string of the molecule is N[C@@]1(C(=O)O)C[C@H]2C[C@@H](O)C[C@H]2[C@@H]1CCC[B]O.O. The van der Waals surface area contributed by atoms with Crippen LogP contribution in [-0.2, 0) is 4.79 Å². The fourth-order valence-electron chi connectivity index (χ4n) is 3.97. The summed E-state index contributed by atoms with van der Waals surface area (Å²) in [6.45, 7) is 0. The quantitative estimate of drug-likeness (QED) is 0.382. The molecule has 0 heterocycles. The molecule has 19 heavy (non-hydrogen) atoms. The van der Waals surface area contributed by atoms with Gasteiger partial charge in [0.05, 0.1) is 6.10 Å². The van der Waals surface area contributed by atoms with Crippen molar-refractivity contribution in [3.05, 3.63) is 0 Å². The zero-order chi connectivity index (χ0) is 13.3. The van der Waals surface area contributed by atoms with Gasteiger partial charge in [-0.3, -0.25) is 4.79 Å². The predicted octanol–water partition coefficient (Wildman–Crippen LogP) is -0.839. The van der Waals surface area contributed by atoms with Gasteiger partial charge in [0.25, 0.3) is 7.48 Å². The minimum Gasteiger partial charge on any atom is -0.480 e. The fraction of sp³-hybridized carbons (Fsp3) is 0.917. The molecule has 2 rings (SSSR count). The van der Waals surface area contributed by atoms with Crippen molar-refractivity contribution in [2.24, 2.45) is 23.5 Å². The van der Waals surface area contributed by atoms with Gasteiger partial charge in [0.1, 0.15) is 5.54 Å². The molecule has 0 spiro atoms. The maximum absolute atomic E-state index is 11.4. The average molecular weight is 272 g/mol. The summed E-state index contributed by atoms with van der Waals surface area (Å²) < 4.78 is 0. The van der Waals surface area contributed by atoms with E-state index in [0.717, 1.165) is 13.9 Å². The smallest absolute Gasteiger partial charge is 0.323 e. The molecule has 0 saturated heterocycles. The van der Waals surface area contributed by atoms with Crippen LogP contribution in [0.1, 0.15) is 32.1 Å². The molecule has 5 atom stereocenters. The molecule has 2 aliphatic rings. The summed E-state index contributed by atoms with van der Waals surface area (Å²) in [7, 11) is 1.11. The first kappa shape index (κ1) is 16.4. The van der Waals surface area contributed by atoms with Gasteiger partial charge < -0.3 is 26.4 Å². The van der Waals surface area contributed by atoms with Crippen molar-refractivity contribution in [3.63, 3.8) is 0 Å². The number of aliphatic carboxylic acids is 1. The molecule has 7 heteroatoms. The number of hydrogen-bond acceptors (Lipinski definition) is 4. The van der Waals surface area contributed by atoms with Crippen molar-refractivity contribution in [2.45, 2.75) is 50.1 Å². The standard InChI is InChI=1S/C12H21BNO4.H2O/c14-12(11(16)17)6-7-4-8(15)5-9(7)10(12)2-1-3-13-18;/h7-10,15,18H,1-6,14H2,(H,16,17);1H2/t7-,8-,9-,10+,12+;/m1./s1. The lowest BCUT2D eigenvalue weighted by atomic mass is 9.77. The number of carboxylic acids is 1. The molecular formula is C12H23BNO5. The summed E-state index contributed by atoms with van der Waals surface area (Å²) in [6.07, 6.45) is 3.53. The van der Waals surface area contributed by atoms with Crippen LogP contribution >= 0.6 is 0 Å². The Bertz CT molecular complexity index is 329. The lowest BCUT2D eigenvalue weighted by molar-refractivity contribution is -0.145. The molecule has 2 saturated carbocycles. The van der Waals surface area contributed by atoms with E-state index in [0.29, 0.717) is 32.0 Å². The van der Waals surface area contributed by atoms with Crippen LogP contribution in [0.15, 0.2) is 0 Å². The molecule has 0 aliphatic heterocycles. The van der Waals surface area contributed by atoms with Gasteiger partial charge in [-0.1, -0.05) is 12.7 Å². The Morgan fingerprint density at radius 1 is 1.42 bits per heavy atom. The van der Waals surface area contributed by atoms with Crippen LogP contribution in [0.2, 0.25) is 6.32 Å². The second-order valence-electron chi connectivity index (χ2n) is 5.82. The summed E-state index contributed by atoms with van der Waals surface area (Å²) in [6, 6.07) is 0. The third-order valence-electron chi connectivity index (χ3n) is 4.75. The van der Waals surface area contributed by atoms with E-state index < -0.39 is 11.5 Å². The Balaban J connectivity index is 0.00000180. The number of rotatable bonds is 5. The topological polar surface area (TPSA) is 135 Å². The molecule has 2 aliphatic carbocycles. The van der Waals surface area contributed by atoms with Crippen molar-refractivity contribution in [2.75, 3.05) is 0 Å². The molecule has 7 N–H and O–H groups in total. The average Bonchev–Trinajstić information content (AvgIpc) is 2.75. The van der Waals surface area contributed by atoms with E-state index in [-0.39, 0.29) is 29.3 Å². The Kier molecular flexibility index (Phi) is 5.38. The van der Waals surface area contributed by atoms with Crippen LogP contribution in [0.25, 0.3) is 0 Å². The van der Waals surface area contributed by atoms with E-state index in [1.165, 1.54) is 0 Å². The number of hydrogen-bond donors (Lipinski definition) is 4. The molecule has 0 aromatic heterocycles. The maximum atomic E-state index is 11.4. The van der Waals surface area contributed by atoms with E-state index in [2.05, 4.69) is 0 Å². The maximum Gasteiger partial charge on any atom is 0.323 e. The Morgan fingerprint density at radius 3 is 2.68 bits per heavy atom. The lowest BCUT2D eigenvalue weighted by Crippen LogP contribution is -2.52. The molecule has 0 unspecified atom stereocenters. The highest BCUT2D eigenvalue weighted by Gasteiger charge is 2.57. The van der Waals surface area contributed by atoms with Crippen LogP contribution in [0.4, 0.5) is 0 Å². The summed E-state index contributed by atoms with van der Waals surface area (Å²) >= 11 is 0. The van der Waals surface area contributed by atoms with Crippen LogP contribution in [0.5, 0.6) is 0 Å². The molecular weight excluding hydrogens is 249 g/mol. The van der Waals surface area contributed by atoms with E-state index in [1.54, 1.807) is 0 Å². The predicted molar refractivity (Wildman–Crippen MR) is 70.5 cm³/mol. The van der Waals surface area contributed by atoms with Gasteiger partial charge in [-0.15, -0.1) is 0 Å². The number of carbonyl (C=O) groups is 1. The molecule has 1 radical (unpaired) electrons. The zero-order valence-corrected chi connectivity index (χ0v) is 11.0. The summed E-state index contributed by atoms with van der Waals surface area (Å²) in [5.41, 5.74) is 4.96. The first-order valence-corrected chi connectivity index (χ1v) is 6.65. The van der Waals surface area contributed by atoms with Gasteiger partial charge in [-0.05, 0) is 43.4 Å². The zero-order valence-electron chi connectivity index (χ0n) is 11.0. The van der Waals surface area contributed by atoms with Crippen molar-refractivity contribution in [3.8, 4) is 0 Å². The molecule has 2 fully saturated rings. The van der Waals surface area contributed by atoms with Crippen LogP contribution in [0.3, 0.4) is 0 Å². The van der Waals surface area contributed by atoms with Gasteiger partial charge in [-0.25, -0.2) is 0 Å². The van der Waals surface area contributed by atoms with Gasteiger partial charge in [0, 0.05) is 0 Å². The number of aliphatic hydroxyl groups is 1. The van der Waals surface area contributed by atoms with Crippen molar-refractivity contribution >= 4 is 13.5 Å². The van der Waals surface area contributed by atoms with Crippen LogP contribution in [-0.4, -0.2) is 45.8 Å². The van der Waals surface area contributed by atoms with Gasteiger partial charge in [0.15, 0.2) is 0 Å². The first-order valence-electron chi connectivity index (χ1n) is 6.65. The third-order valence-corrected chi connectivity index (χ3v) is 4.75. The second kappa shape index (κ2) is 6.22. The molecule has 0 aromatic rings. The number of carboxylic acid groups (broad SMARTS) is 1. The second-order valence-corrected chi connectivity index (χ2v) is 5.82. The molecule has 0 aromatic carbocycles. The highest BCUT2D eigenvalue weighted by atomic mass is 16.4. The normalized spacial score (nSPS) is 40.6. The monoisotopic (exact) mass is 272 g/mol. The Hall–Kier alpha value is -0.625. The summed E-state index contributed by atoms with van der Waals surface area (Å²) in [4.78, 5) is 11.4. The minimum atomic E-state index is -1.15. The number of nitrogens with two attached hydrogens (primary N) is 1. The van der Waals surface area contributed by atoms with Crippen molar-refractivity contribution < 1.29 is 25.5 Å². The van der Waals surface area contributed by atoms with Crippen LogP contribution in [0, 0.1) is 17.8 Å².